The van der Waals surface area contributed by atoms with Gasteiger partial charge in [-0.15, -0.1) is 0 Å². The van der Waals surface area contributed by atoms with Gasteiger partial charge in [0, 0.05) is 44.0 Å². The SMILES string of the molecule is [B]COP1OCc2cc(C)cc(C)c2O1.[B][C@H](CCn1ccc(=O)[nH]c1=S)OC. The van der Waals surface area contributed by atoms with Crippen molar-refractivity contribution in [2.45, 2.75) is 39.4 Å². The van der Waals surface area contributed by atoms with Crippen molar-refractivity contribution in [1.82, 2.24) is 9.55 Å². The minimum atomic E-state index is -1.31. The average molecular weight is 432 g/mol. The number of aryl methyl sites for hydroxylation is 3. The number of H-pyrrole nitrogens is 1. The van der Waals surface area contributed by atoms with E-state index in [0.29, 0.717) is 24.3 Å². The summed E-state index contributed by atoms with van der Waals surface area (Å²) in [5.41, 5.74) is 3.21. The van der Waals surface area contributed by atoms with Crippen LogP contribution in [0.5, 0.6) is 5.75 Å². The van der Waals surface area contributed by atoms with Gasteiger partial charge in [-0.3, -0.25) is 14.3 Å². The van der Waals surface area contributed by atoms with E-state index in [0.717, 1.165) is 16.9 Å². The van der Waals surface area contributed by atoms with Gasteiger partial charge in [-0.05, 0) is 38.0 Å². The highest BCUT2D eigenvalue weighted by molar-refractivity contribution is 7.71. The molecule has 4 radical (unpaired) electrons. The van der Waals surface area contributed by atoms with Crippen LogP contribution in [-0.2, 0) is 26.9 Å². The van der Waals surface area contributed by atoms with E-state index in [1.54, 1.807) is 17.9 Å². The lowest BCUT2D eigenvalue weighted by atomic mass is 9.97. The molecule has 7 nitrogen and oxygen atoms in total. The third-order valence-corrected chi connectivity index (χ3v) is 5.39. The van der Waals surface area contributed by atoms with Gasteiger partial charge in [0.2, 0.25) is 0 Å². The van der Waals surface area contributed by atoms with Gasteiger partial charge >= 0.3 is 8.60 Å². The van der Waals surface area contributed by atoms with Gasteiger partial charge < -0.3 is 18.4 Å². The second-order valence-corrected chi connectivity index (χ2v) is 7.85. The Hall–Kier alpha value is -1.44. The van der Waals surface area contributed by atoms with Crippen LogP contribution in [0.1, 0.15) is 23.1 Å². The van der Waals surface area contributed by atoms with Crippen LogP contribution in [-0.4, -0.2) is 44.9 Å². The van der Waals surface area contributed by atoms with Crippen molar-refractivity contribution in [2.24, 2.45) is 0 Å². The fraction of sp³-hybridized carbons (Fsp3) is 0.444. The first-order valence-corrected chi connectivity index (χ1v) is 10.5. The van der Waals surface area contributed by atoms with E-state index < -0.39 is 8.60 Å². The first-order chi connectivity index (χ1) is 13.8. The molecule has 1 aromatic carbocycles. The van der Waals surface area contributed by atoms with Crippen LogP contribution < -0.4 is 10.1 Å². The Balaban J connectivity index is 0.000000208. The van der Waals surface area contributed by atoms with E-state index >= 15 is 0 Å². The van der Waals surface area contributed by atoms with Crippen molar-refractivity contribution < 1.29 is 18.3 Å². The summed E-state index contributed by atoms with van der Waals surface area (Å²) >= 11 is 4.95. The standard InChI is InChI=1S/C10H12BO3P.C8H11BN2O2S/c1-7-3-8(2)10-9(4-7)5-12-15(14-10)13-6-11;1-13-6(9)2-4-11-5-3-7(12)10-8(11)14/h3-4H,5-6H2,1-2H3;3,5-6H,2,4H2,1H3,(H,10,12,14)/t;6-/m.0/s1. The molecular formula is C18H23B2N2O5PS. The van der Waals surface area contributed by atoms with Crippen LogP contribution in [0.25, 0.3) is 0 Å². The molecule has 0 spiro atoms. The Labute approximate surface area is 179 Å². The van der Waals surface area contributed by atoms with Crippen molar-refractivity contribution >= 4 is 36.5 Å². The number of hydrogen-bond acceptors (Lipinski definition) is 6. The van der Waals surface area contributed by atoms with E-state index in [4.69, 9.17) is 46.2 Å². The number of aromatic amines is 1. The van der Waals surface area contributed by atoms with E-state index in [2.05, 4.69) is 24.0 Å². The fourth-order valence-electron chi connectivity index (χ4n) is 2.63. The minimum Gasteiger partial charge on any atom is -0.426 e. The number of rotatable bonds is 6. The maximum atomic E-state index is 10.9. The summed E-state index contributed by atoms with van der Waals surface area (Å²) in [6.07, 6.45) is 2.29. The van der Waals surface area contributed by atoms with Crippen molar-refractivity contribution in [2.75, 3.05) is 13.6 Å². The first-order valence-electron chi connectivity index (χ1n) is 8.96. The molecule has 3 rings (SSSR count). The van der Waals surface area contributed by atoms with Crippen LogP contribution >= 0.6 is 20.8 Å². The normalized spacial score (nSPS) is 16.2. The molecule has 2 aromatic rings. The van der Waals surface area contributed by atoms with Crippen LogP contribution in [0.2, 0.25) is 0 Å². The Bertz CT molecular complexity index is 924. The molecule has 0 saturated carbocycles. The molecule has 2 heterocycles. The van der Waals surface area contributed by atoms with Crippen molar-refractivity contribution in [3.05, 3.63) is 56.2 Å². The third-order valence-electron chi connectivity index (χ3n) is 4.02. The zero-order valence-electron chi connectivity index (χ0n) is 16.7. The number of methoxy groups -OCH3 is 1. The molecule has 11 heteroatoms. The molecule has 1 aliphatic rings. The smallest absolute Gasteiger partial charge is 0.396 e. The van der Waals surface area contributed by atoms with E-state index in [1.165, 1.54) is 11.6 Å². The predicted molar refractivity (Wildman–Crippen MR) is 117 cm³/mol. The van der Waals surface area contributed by atoms with Crippen molar-refractivity contribution in [1.29, 1.82) is 0 Å². The predicted octanol–water partition coefficient (Wildman–Crippen LogP) is 3.02. The zero-order chi connectivity index (χ0) is 21.4. The van der Waals surface area contributed by atoms with Crippen molar-refractivity contribution in [3.8, 4) is 5.75 Å². The Kier molecular flexibility index (Phi) is 9.59. The number of ether oxygens (including phenoxy) is 1. The number of nitrogens with one attached hydrogen (secondary N) is 1. The molecule has 152 valence electrons. The third kappa shape index (κ3) is 7.39. The molecule has 0 saturated heterocycles. The molecule has 1 N–H and O–H groups in total. The second kappa shape index (κ2) is 11.7. The minimum absolute atomic E-state index is 0.117. The largest absolute Gasteiger partial charge is 0.426 e. The quantitative estimate of drug-likeness (QED) is 0.430. The molecule has 1 unspecified atom stereocenters. The van der Waals surface area contributed by atoms with Crippen LogP contribution in [0.15, 0.2) is 29.2 Å². The van der Waals surface area contributed by atoms with Crippen LogP contribution in [0.4, 0.5) is 0 Å². The van der Waals surface area contributed by atoms with Gasteiger partial charge in [0.25, 0.3) is 5.56 Å². The van der Waals surface area contributed by atoms with E-state index in [9.17, 15) is 4.79 Å². The molecule has 0 bridgehead atoms. The number of hydrogen-bond donors (Lipinski definition) is 1. The summed E-state index contributed by atoms with van der Waals surface area (Å²) in [4.78, 5) is 13.4. The van der Waals surface area contributed by atoms with Crippen LogP contribution in [0.3, 0.4) is 0 Å². The Morgan fingerprint density at radius 1 is 1.41 bits per heavy atom. The highest BCUT2D eigenvalue weighted by atomic mass is 32.1. The van der Waals surface area contributed by atoms with Crippen LogP contribution in [0, 0.1) is 18.6 Å². The van der Waals surface area contributed by atoms with E-state index in [1.807, 2.05) is 6.92 Å². The van der Waals surface area contributed by atoms with Gasteiger partial charge in [-0.1, -0.05) is 17.7 Å². The lowest BCUT2D eigenvalue weighted by Crippen LogP contribution is -2.16. The maximum absolute atomic E-state index is 10.9. The fourth-order valence-corrected chi connectivity index (χ4v) is 3.84. The summed E-state index contributed by atoms with van der Waals surface area (Å²) < 4.78 is 23.2. The number of benzene rings is 1. The highest BCUT2D eigenvalue weighted by Gasteiger charge is 2.24. The summed E-state index contributed by atoms with van der Waals surface area (Å²) in [5.74, 6) is 0.881. The Morgan fingerprint density at radius 2 is 2.17 bits per heavy atom. The highest BCUT2D eigenvalue weighted by Crippen LogP contribution is 2.48. The topological polar surface area (TPSA) is 74.7 Å². The van der Waals surface area contributed by atoms with Gasteiger partial charge in [0.15, 0.2) is 4.77 Å². The molecule has 1 aromatic heterocycles. The summed E-state index contributed by atoms with van der Waals surface area (Å²) in [6, 6.07) is 5.27. The summed E-state index contributed by atoms with van der Waals surface area (Å²) in [7, 11) is 11.1. The lowest BCUT2D eigenvalue weighted by Gasteiger charge is -2.25. The summed E-state index contributed by atoms with van der Waals surface area (Å²) in [5, 5.41) is 0. The first kappa shape index (κ1) is 23.8. The number of aromatic nitrogens is 2. The molecule has 0 amide bonds. The molecule has 29 heavy (non-hydrogen) atoms. The molecule has 0 fully saturated rings. The molecule has 2 atom stereocenters. The monoisotopic (exact) mass is 432 g/mol. The maximum Gasteiger partial charge on any atom is 0.396 e. The number of nitrogens with zero attached hydrogens (tertiary/aromatic N) is 1. The number of fused-ring (bicyclic) bond motifs is 1. The average Bonchev–Trinajstić information content (AvgIpc) is 2.68. The van der Waals surface area contributed by atoms with Gasteiger partial charge in [0.1, 0.15) is 21.4 Å². The van der Waals surface area contributed by atoms with Crippen molar-refractivity contribution in [3.63, 3.8) is 0 Å². The lowest BCUT2D eigenvalue weighted by molar-refractivity contribution is 0.155. The second-order valence-electron chi connectivity index (χ2n) is 6.32. The van der Waals surface area contributed by atoms with Gasteiger partial charge in [-0.25, -0.2) is 0 Å². The molecule has 1 aliphatic heterocycles. The van der Waals surface area contributed by atoms with E-state index in [-0.39, 0.29) is 18.1 Å². The Morgan fingerprint density at radius 3 is 2.83 bits per heavy atom. The zero-order valence-corrected chi connectivity index (χ0v) is 18.4. The molecular weight excluding hydrogens is 409 g/mol. The van der Waals surface area contributed by atoms with Gasteiger partial charge in [0.05, 0.1) is 6.61 Å². The molecule has 0 aliphatic carbocycles. The summed E-state index contributed by atoms with van der Waals surface area (Å²) in [6.45, 7) is 5.36. The van der Waals surface area contributed by atoms with Gasteiger partial charge in [-0.2, -0.15) is 0 Å².